The molecule has 0 atom stereocenters. The summed E-state index contributed by atoms with van der Waals surface area (Å²) >= 11 is 0. The number of hydrogen-bond donors (Lipinski definition) is 1. The van der Waals surface area contributed by atoms with Crippen LogP contribution in [0.4, 0.5) is 4.39 Å². The summed E-state index contributed by atoms with van der Waals surface area (Å²) in [4.78, 5) is 11.2. The molecule has 0 amide bonds. The Kier molecular flexibility index (Phi) is 3.59. The minimum absolute atomic E-state index is 0.0879. The Morgan fingerprint density at radius 2 is 1.85 bits per heavy atom. The van der Waals surface area contributed by atoms with Crippen molar-refractivity contribution in [2.24, 2.45) is 0 Å². The summed E-state index contributed by atoms with van der Waals surface area (Å²) in [6.07, 6.45) is 0.996. The van der Waals surface area contributed by atoms with Gasteiger partial charge in [0.15, 0.2) is 9.84 Å². The molecule has 0 radical (unpaired) electrons. The number of halogens is 1. The van der Waals surface area contributed by atoms with Crippen molar-refractivity contribution in [3.05, 3.63) is 53.8 Å². The Balaban J connectivity index is 2.69. The van der Waals surface area contributed by atoms with Crippen molar-refractivity contribution in [1.82, 2.24) is 0 Å². The number of aromatic carboxylic acids is 1. The highest BCUT2D eigenvalue weighted by Crippen LogP contribution is 2.27. The van der Waals surface area contributed by atoms with E-state index in [1.54, 1.807) is 6.07 Å². The fraction of sp³-hybridized carbons (Fsp3) is 0.0714. The first-order valence-electron chi connectivity index (χ1n) is 5.62. The molecular formula is C14H11FO4S. The fourth-order valence-corrected chi connectivity index (χ4v) is 2.49. The van der Waals surface area contributed by atoms with Crippen LogP contribution in [-0.4, -0.2) is 25.7 Å². The summed E-state index contributed by atoms with van der Waals surface area (Å²) in [7, 11) is -3.50. The van der Waals surface area contributed by atoms with Crippen LogP contribution in [0.15, 0.2) is 47.4 Å². The molecule has 2 aromatic carbocycles. The quantitative estimate of drug-likeness (QED) is 0.944. The topological polar surface area (TPSA) is 71.4 Å². The van der Waals surface area contributed by atoms with E-state index in [4.69, 9.17) is 0 Å². The smallest absolute Gasteiger partial charge is 0.336 e. The van der Waals surface area contributed by atoms with Crippen LogP contribution in [0.25, 0.3) is 11.1 Å². The van der Waals surface area contributed by atoms with Gasteiger partial charge in [-0.1, -0.05) is 18.2 Å². The number of benzene rings is 2. The Morgan fingerprint density at radius 3 is 2.40 bits per heavy atom. The monoisotopic (exact) mass is 294 g/mol. The molecule has 0 saturated heterocycles. The van der Waals surface area contributed by atoms with Gasteiger partial charge in [0.25, 0.3) is 0 Å². The zero-order valence-electron chi connectivity index (χ0n) is 10.5. The number of rotatable bonds is 3. The molecule has 104 valence electrons. The summed E-state index contributed by atoms with van der Waals surface area (Å²) < 4.78 is 36.1. The zero-order valence-corrected chi connectivity index (χ0v) is 11.3. The molecule has 0 aliphatic rings. The first kappa shape index (κ1) is 14.2. The molecule has 0 aliphatic heterocycles. The molecule has 0 unspecified atom stereocenters. The van der Waals surface area contributed by atoms with Gasteiger partial charge in [0.1, 0.15) is 5.82 Å². The van der Waals surface area contributed by atoms with Crippen molar-refractivity contribution >= 4 is 15.8 Å². The Morgan fingerprint density at radius 1 is 1.15 bits per heavy atom. The van der Waals surface area contributed by atoms with Gasteiger partial charge < -0.3 is 5.11 Å². The Bertz CT molecular complexity index is 782. The largest absolute Gasteiger partial charge is 0.478 e. The summed E-state index contributed by atoms with van der Waals surface area (Å²) in [6.45, 7) is 0. The van der Waals surface area contributed by atoms with Gasteiger partial charge in [-0.2, -0.15) is 0 Å². The molecular weight excluding hydrogens is 283 g/mol. The summed E-state index contributed by atoms with van der Waals surface area (Å²) in [5, 5.41) is 9.20. The molecule has 0 aliphatic carbocycles. The molecule has 0 aromatic heterocycles. The van der Waals surface area contributed by atoms with E-state index in [9.17, 15) is 22.7 Å². The predicted molar refractivity (Wildman–Crippen MR) is 71.9 cm³/mol. The maximum absolute atomic E-state index is 13.2. The van der Waals surface area contributed by atoms with Gasteiger partial charge >= 0.3 is 5.97 Å². The maximum atomic E-state index is 13.2. The van der Waals surface area contributed by atoms with Gasteiger partial charge in [-0.3, -0.25) is 0 Å². The van der Waals surface area contributed by atoms with E-state index in [1.807, 2.05) is 0 Å². The van der Waals surface area contributed by atoms with Crippen LogP contribution in [0.1, 0.15) is 10.4 Å². The van der Waals surface area contributed by atoms with Crippen molar-refractivity contribution in [2.45, 2.75) is 4.90 Å². The van der Waals surface area contributed by atoms with E-state index >= 15 is 0 Å². The SMILES string of the molecule is CS(=O)(=O)c1ccc(-c2cccc(F)c2)c(C(=O)O)c1. The summed E-state index contributed by atoms with van der Waals surface area (Å²) in [6, 6.07) is 9.22. The average molecular weight is 294 g/mol. The van der Waals surface area contributed by atoms with E-state index in [0.717, 1.165) is 12.3 Å². The van der Waals surface area contributed by atoms with Crippen LogP contribution < -0.4 is 0 Å². The summed E-state index contributed by atoms with van der Waals surface area (Å²) in [5.74, 6) is -1.76. The molecule has 0 bridgehead atoms. The third-order valence-electron chi connectivity index (χ3n) is 2.79. The van der Waals surface area contributed by atoms with Gasteiger partial charge in [-0.05, 0) is 35.4 Å². The molecule has 4 nitrogen and oxygen atoms in total. The van der Waals surface area contributed by atoms with Crippen molar-refractivity contribution in [1.29, 1.82) is 0 Å². The first-order valence-corrected chi connectivity index (χ1v) is 7.51. The highest BCUT2D eigenvalue weighted by atomic mass is 32.2. The van der Waals surface area contributed by atoms with Crippen LogP contribution >= 0.6 is 0 Å². The second kappa shape index (κ2) is 5.05. The minimum Gasteiger partial charge on any atom is -0.478 e. The van der Waals surface area contributed by atoms with Crippen molar-refractivity contribution in [3.8, 4) is 11.1 Å². The lowest BCUT2D eigenvalue weighted by molar-refractivity contribution is 0.0697. The molecule has 0 saturated carbocycles. The maximum Gasteiger partial charge on any atom is 0.336 e. The van der Waals surface area contributed by atoms with Gasteiger partial charge in [0.2, 0.25) is 0 Å². The van der Waals surface area contributed by atoms with Gasteiger partial charge in [-0.25, -0.2) is 17.6 Å². The van der Waals surface area contributed by atoms with Gasteiger partial charge in [0.05, 0.1) is 10.5 Å². The summed E-state index contributed by atoms with van der Waals surface area (Å²) in [5.41, 5.74) is 0.463. The fourth-order valence-electron chi connectivity index (χ4n) is 1.84. The average Bonchev–Trinajstić information content (AvgIpc) is 2.37. The predicted octanol–water partition coefficient (Wildman–Crippen LogP) is 2.59. The highest BCUT2D eigenvalue weighted by Gasteiger charge is 2.16. The molecule has 1 N–H and O–H groups in total. The van der Waals surface area contributed by atoms with E-state index in [2.05, 4.69) is 0 Å². The van der Waals surface area contributed by atoms with Crippen LogP contribution in [0, 0.1) is 5.82 Å². The Labute approximate surface area is 115 Å². The number of hydrogen-bond acceptors (Lipinski definition) is 3. The molecule has 20 heavy (non-hydrogen) atoms. The van der Waals surface area contributed by atoms with Crippen molar-refractivity contribution < 1.29 is 22.7 Å². The lowest BCUT2D eigenvalue weighted by atomic mass is 10.00. The molecule has 0 heterocycles. The van der Waals surface area contributed by atoms with E-state index < -0.39 is 21.6 Å². The standard InChI is InChI=1S/C14H11FO4S/c1-20(18,19)11-5-6-12(13(8-11)14(16)17)9-3-2-4-10(15)7-9/h2-8H,1H3,(H,16,17). The second-order valence-corrected chi connectivity index (χ2v) is 6.31. The first-order chi connectivity index (χ1) is 9.29. The molecule has 0 fully saturated rings. The molecule has 6 heteroatoms. The minimum atomic E-state index is -3.50. The van der Waals surface area contributed by atoms with Crippen LogP contribution in [-0.2, 0) is 9.84 Å². The second-order valence-electron chi connectivity index (χ2n) is 4.30. The molecule has 0 spiro atoms. The van der Waals surface area contributed by atoms with E-state index in [1.165, 1.54) is 30.3 Å². The van der Waals surface area contributed by atoms with Crippen molar-refractivity contribution in [2.75, 3.05) is 6.26 Å². The highest BCUT2D eigenvalue weighted by molar-refractivity contribution is 7.90. The lowest BCUT2D eigenvalue weighted by Crippen LogP contribution is -2.04. The Hall–Kier alpha value is -2.21. The molecule has 2 rings (SSSR count). The van der Waals surface area contributed by atoms with Gasteiger partial charge in [-0.15, -0.1) is 0 Å². The zero-order chi connectivity index (χ0) is 14.9. The van der Waals surface area contributed by atoms with Crippen LogP contribution in [0.3, 0.4) is 0 Å². The van der Waals surface area contributed by atoms with E-state index in [0.29, 0.717) is 5.56 Å². The van der Waals surface area contributed by atoms with Crippen LogP contribution in [0.5, 0.6) is 0 Å². The number of sulfone groups is 1. The normalized spacial score (nSPS) is 11.3. The third-order valence-corrected chi connectivity index (χ3v) is 3.90. The van der Waals surface area contributed by atoms with Gasteiger partial charge in [0, 0.05) is 6.26 Å². The van der Waals surface area contributed by atoms with Crippen LogP contribution in [0.2, 0.25) is 0 Å². The van der Waals surface area contributed by atoms with E-state index in [-0.39, 0.29) is 16.0 Å². The van der Waals surface area contributed by atoms with Crippen molar-refractivity contribution in [3.63, 3.8) is 0 Å². The number of carboxylic acid groups (broad SMARTS) is 1. The third kappa shape index (κ3) is 2.85. The lowest BCUT2D eigenvalue weighted by Gasteiger charge is -2.08. The number of carboxylic acids is 1. The number of carbonyl (C=O) groups is 1. The molecule has 2 aromatic rings.